The minimum atomic E-state index is -0.394. The molecule has 1 aliphatic heterocycles. The van der Waals surface area contributed by atoms with Crippen LogP contribution >= 0.6 is 23.5 Å². The summed E-state index contributed by atoms with van der Waals surface area (Å²) in [6.07, 6.45) is 6.68. The van der Waals surface area contributed by atoms with Gasteiger partial charge in [0, 0.05) is 22.9 Å². The molecular weight excluding hydrogens is 442 g/mol. The molecule has 1 N–H and O–H groups in total. The minimum Gasteiger partial charge on any atom is -0.508 e. The van der Waals surface area contributed by atoms with Crippen LogP contribution in [0.1, 0.15) is 39.5 Å². The summed E-state index contributed by atoms with van der Waals surface area (Å²) >= 11 is 3.47. The number of hydrogen-bond donors (Lipinski definition) is 1. The number of thioether (sulfide) groups is 2. The summed E-state index contributed by atoms with van der Waals surface area (Å²) in [5, 5.41) is 9.83. The van der Waals surface area contributed by atoms with Crippen LogP contribution in [0.5, 0.6) is 11.5 Å². The number of esters is 1. The van der Waals surface area contributed by atoms with Gasteiger partial charge in [-0.3, -0.25) is 0 Å². The van der Waals surface area contributed by atoms with E-state index in [9.17, 15) is 9.90 Å². The Kier molecular flexibility index (Phi) is 8.65. The van der Waals surface area contributed by atoms with Crippen LogP contribution < -0.4 is 9.64 Å². The fraction of sp³-hybridized carbons (Fsp3) is 0.480. The summed E-state index contributed by atoms with van der Waals surface area (Å²) in [5.74, 6) is 1.61. The van der Waals surface area contributed by atoms with Gasteiger partial charge in [0.1, 0.15) is 11.5 Å². The summed E-state index contributed by atoms with van der Waals surface area (Å²) in [5.41, 5.74) is 2.39. The monoisotopic (exact) mass is 475 g/mol. The predicted molar refractivity (Wildman–Crippen MR) is 134 cm³/mol. The van der Waals surface area contributed by atoms with Crippen molar-refractivity contribution in [3.63, 3.8) is 0 Å². The maximum absolute atomic E-state index is 11.6. The first kappa shape index (κ1) is 24.6. The molecule has 0 saturated heterocycles. The summed E-state index contributed by atoms with van der Waals surface area (Å²) in [7, 11) is 1.37. The van der Waals surface area contributed by atoms with E-state index in [2.05, 4.69) is 30.9 Å². The lowest BCUT2D eigenvalue weighted by Crippen LogP contribution is -2.35. The van der Waals surface area contributed by atoms with E-state index in [0.717, 1.165) is 39.9 Å². The smallest absolute Gasteiger partial charge is 0.343 e. The Balaban J connectivity index is 2.06. The Bertz CT molecular complexity index is 919. The molecule has 5 nitrogen and oxygen atoms in total. The van der Waals surface area contributed by atoms with Crippen molar-refractivity contribution in [1.82, 2.24) is 0 Å². The van der Waals surface area contributed by atoms with Gasteiger partial charge in [-0.15, -0.1) is 23.5 Å². The standard InChI is InChI=1S/C25H33NO4S2/c1-5-7-12-25(6-2)16-26(18-8-10-19(27)11-9-18)20-13-23(31-4)21(14-22(20)32-17-25)30-15-24(28)29-3/h8-11,13-14,27H,5-7,12,15-17H2,1-4H3. The molecule has 1 heterocycles. The van der Waals surface area contributed by atoms with E-state index in [4.69, 9.17) is 9.47 Å². The highest BCUT2D eigenvalue weighted by atomic mass is 32.2. The van der Waals surface area contributed by atoms with Crippen LogP contribution in [0.4, 0.5) is 11.4 Å². The number of benzene rings is 2. The van der Waals surface area contributed by atoms with Gasteiger partial charge in [-0.1, -0.05) is 26.7 Å². The molecule has 174 valence electrons. The van der Waals surface area contributed by atoms with Crippen LogP contribution in [0.25, 0.3) is 0 Å². The van der Waals surface area contributed by atoms with Crippen molar-refractivity contribution < 1.29 is 19.4 Å². The van der Waals surface area contributed by atoms with Gasteiger partial charge in [-0.25, -0.2) is 4.79 Å². The quantitative estimate of drug-likeness (QED) is 0.328. The molecule has 0 aliphatic carbocycles. The number of carbonyl (C=O) groups excluding carboxylic acids is 1. The number of nitrogens with zero attached hydrogens (tertiary/aromatic N) is 1. The third-order valence-electron chi connectivity index (χ3n) is 6.11. The molecule has 7 heteroatoms. The van der Waals surface area contributed by atoms with E-state index in [-0.39, 0.29) is 17.8 Å². The fourth-order valence-electron chi connectivity index (χ4n) is 3.98. The highest BCUT2D eigenvalue weighted by Gasteiger charge is 2.35. The average Bonchev–Trinajstić information content (AvgIpc) is 2.98. The van der Waals surface area contributed by atoms with Gasteiger partial charge in [-0.2, -0.15) is 0 Å². The highest BCUT2D eigenvalue weighted by Crippen LogP contribution is 2.49. The number of phenolic OH excluding ortho intramolecular Hbond substituents is 1. The zero-order valence-electron chi connectivity index (χ0n) is 19.3. The number of unbranched alkanes of at least 4 members (excludes halogenated alkanes) is 1. The fourth-order valence-corrected chi connectivity index (χ4v) is 5.94. The van der Waals surface area contributed by atoms with Gasteiger partial charge in [0.2, 0.25) is 0 Å². The number of rotatable bonds is 9. The molecule has 1 atom stereocenters. The molecule has 2 aromatic rings. The summed E-state index contributed by atoms with van der Waals surface area (Å²) in [6.45, 7) is 5.35. The average molecular weight is 476 g/mol. The molecule has 0 radical (unpaired) electrons. The van der Waals surface area contributed by atoms with Crippen molar-refractivity contribution in [3.05, 3.63) is 36.4 Å². The normalized spacial score (nSPS) is 18.1. The van der Waals surface area contributed by atoms with Crippen molar-refractivity contribution in [2.75, 3.05) is 37.2 Å². The number of fused-ring (bicyclic) bond motifs is 1. The molecular formula is C25H33NO4S2. The van der Waals surface area contributed by atoms with Crippen molar-refractivity contribution in [1.29, 1.82) is 0 Å². The highest BCUT2D eigenvalue weighted by molar-refractivity contribution is 7.99. The maximum Gasteiger partial charge on any atom is 0.343 e. The van der Waals surface area contributed by atoms with E-state index in [1.54, 1.807) is 23.9 Å². The van der Waals surface area contributed by atoms with Crippen LogP contribution in [0, 0.1) is 5.41 Å². The summed E-state index contributed by atoms with van der Waals surface area (Å²) in [6, 6.07) is 11.7. The van der Waals surface area contributed by atoms with Gasteiger partial charge in [-0.05, 0) is 60.9 Å². The largest absolute Gasteiger partial charge is 0.508 e. The van der Waals surface area contributed by atoms with Crippen LogP contribution in [0.3, 0.4) is 0 Å². The number of hydrogen-bond acceptors (Lipinski definition) is 7. The molecule has 0 saturated carbocycles. The van der Waals surface area contributed by atoms with E-state index in [0.29, 0.717) is 5.75 Å². The van der Waals surface area contributed by atoms with Crippen LogP contribution in [0.15, 0.2) is 46.2 Å². The Hall–Kier alpha value is -1.99. The minimum absolute atomic E-state index is 0.107. The molecule has 2 aromatic carbocycles. The second-order valence-corrected chi connectivity index (χ2v) is 10.0. The first-order valence-electron chi connectivity index (χ1n) is 11.1. The van der Waals surface area contributed by atoms with Crippen molar-refractivity contribution in [2.45, 2.75) is 49.3 Å². The van der Waals surface area contributed by atoms with E-state index in [1.165, 1.54) is 26.4 Å². The molecule has 0 spiro atoms. The lowest BCUT2D eigenvalue weighted by atomic mass is 9.81. The topological polar surface area (TPSA) is 59.0 Å². The maximum atomic E-state index is 11.6. The first-order valence-corrected chi connectivity index (χ1v) is 13.3. The van der Waals surface area contributed by atoms with E-state index >= 15 is 0 Å². The number of ether oxygens (including phenoxy) is 2. The molecule has 3 rings (SSSR count). The number of methoxy groups -OCH3 is 1. The van der Waals surface area contributed by atoms with E-state index in [1.807, 2.05) is 30.2 Å². The second kappa shape index (κ2) is 11.2. The Morgan fingerprint density at radius 3 is 2.62 bits per heavy atom. The molecule has 0 fully saturated rings. The third kappa shape index (κ3) is 5.67. The number of phenols is 1. The van der Waals surface area contributed by atoms with Crippen LogP contribution in [0.2, 0.25) is 0 Å². The Labute approximate surface area is 199 Å². The van der Waals surface area contributed by atoms with Gasteiger partial charge in [0.25, 0.3) is 0 Å². The number of carbonyl (C=O) groups is 1. The molecule has 0 aromatic heterocycles. The lowest BCUT2D eigenvalue weighted by molar-refractivity contribution is -0.142. The van der Waals surface area contributed by atoms with Crippen LogP contribution in [-0.4, -0.2) is 43.3 Å². The zero-order chi connectivity index (χ0) is 23.1. The van der Waals surface area contributed by atoms with Crippen molar-refractivity contribution in [2.24, 2.45) is 5.41 Å². The predicted octanol–water partition coefficient (Wildman–Crippen LogP) is 6.50. The lowest BCUT2D eigenvalue weighted by Gasteiger charge is -2.37. The summed E-state index contributed by atoms with van der Waals surface area (Å²) < 4.78 is 10.6. The molecule has 32 heavy (non-hydrogen) atoms. The number of aromatic hydroxyl groups is 1. The SMILES string of the molecule is CCCCC1(CC)CSc2cc(OCC(=O)OC)c(SC)cc2N(c2ccc(O)cc2)C1. The van der Waals surface area contributed by atoms with Gasteiger partial charge < -0.3 is 19.5 Å². The number of anilines is 2. The molecule has 0 bridgehead atoms. The second-order valence-electron chi connectivity index (χ2n) is 8.18. The van der Waals surface area contributed by atoms with Crippen LogP contribution in [-0.2, 0) is 9.53 Å². The van der Waals surface area contributed by atoms with Crippen molar-refractivity contribution >= 4 is 40.9 Å². The van der Waals surface area contributed by atoms with E-state index < -0.39 is 5.97 Å². The zero-order valence-corrected chi connectivity index (χ0v) is 21.0. The van der Waals surface area contributed by atoms with Gasteiger partial charge in [0.05, 0.1) is 17.7 Å². The third-order valence-corrected chi connectivity index (χ3v) is 8.26. The Morgan fingerprint density at radius 2 is 2.00 bits per heavy atom. The van der Waals surface area contributed by atoms with Gasteiger partial charge in [0.15, 0.2) is 6.61 Å². The van der Waals surface area contributed by atoms with Gasteiger partial charge >= 0.3 is 5.97 Å². The molecule has 0 amide bonds. The Morgan fingerprint density at radius 1 is 1.25 bits per heavy atom. The molecule has 1 unspecified atom stereocenters. The first-order chi connectivity index (χ1) is 15.4. The summed E-state index contributed by atoms with van der Waals surface area (Å²) in [4.78, 5) is 16.1. The molecule has 1 aliphatic rings. The van der Waals surface area contributed by atoms with Crippen molar-refractivity contribution in [3.8, 4) is 11.5 Å².